The van der Waals surface area contributed by atoms with Gasteiger partial charge in [-0.05, 0) is 57.4 Å². The molecule has 3 heterocycles. The minimum atomic E-state index is -0.520. The third-order valence-electron chi connectivity index (χ3n) is 6.67. The van der Waals surface area contributed by atoms with Crippen LogP contribution in [0.25, 0.3) is 0 Å². The van der Waals surface area contributed by atoms with Gasteiger partial charge >= 0.3 is 6.09 Å². The molecule has 1 saturated heterocycles. The molecule has 5 rings (SSSR count). The van der Waals surface area contributed by atoms with Crippen LogP contribution < -0.4 is 25.4 Å². The molecule has 2 aromatic rings. The Bertz CT molecular complexity index is 1220. The fourth-order valence-electron chi connectivity index (χ4n) is 4.68. The number of benzene rings is 1. The van der Waals surface area contributed by atoms with Crippen LogP contribution in [0.15, 0.2) is 18.3 Å². The van der Waals surface area contributed by atoms with E-state index in [1.54, 1.807) is 0 Å². The van der Waals surface area contributed by atoms with Gasteiger partial charge in [0.1, 0.15) is 24.3 Å². The van der Waals surface area contributed by atoms with Crippen molar-refractivity contribution in [1.29, 1.82) is 0 Å². The first kappa shape index (κ1) is 25.2. The fourth-order valence-corrected chi connectivity index (χ4v) is 4.68. The molecule has 0 saturated carbocycles. The van der Waals surface area contributed by atoms with Crippen LogP contribution in [0.3, 0.4) is 0 Å². The number of cyclic esters (lactones) is 1. The largest absolute Gasteiger partial charge is 0.492 e. The Kier molecular flexibility index (Phi) is 6.63. The topological polar surface area (TPSA) is 132 Å². The smallest absolute Gasteiger partial charge is 0.415 e. The number of amides is 2. The zero-order chi connectivity index (χ0) is 26.3. The van der Waals surface area contributed by atoms with Crippen LogP contribution in [0.5, 0.6) is 11.6 Å². The van der Waals surface area contributed by atoms with Gasteiger partial charge in [0.25, 0.3) is 11.8 Å². The second-order valence-electron chi connectivity index (χ2n) is 10.5. The summed E-state index contributed by atoms with van der Waals surface area (Å²) in [7, 11) is 2.00. The first-order valence-electron chi connectivity index (χ1n) is 12.3. The molecule has 0 spiro atoms. The molecule has 1 fully saturated rings. The summed E-state index contributed by atoms with van der Waals surface area (Å²) in [6, 6.07) is 3.47. The van der Waals surface area contributed by atoms with Crippen LogP contribution in [0, 0.1) is 5.82 Å². The van der Waals surface area contributed by atoms with Crippen LogP contribution in [-0.4, -0.2) is 77.9 Å². The lowest BCUT2D eigenvalue weighted by Crippen LogP contribution is -2.38. The third kappa shape index (κ3) is 5.59. The van der Waals surface area contributed by atoms with Gasteiger partial charge in [0.15, 0.2) is 18.2 Å². The van der Waals surface area contributed by atoms with Crippen molar-refractivity contribution in [3.8, 4) is 11.6 Å². The zero-order valence-corrected chi connectivity index (χ0v) is 21.1. The highest BCUT2D eigenvalue weighted by molar-refractivity contribution is 5.94. The normalized spacial score (nSPS) is 20.9. The van der Waals surface area contributed by atoms with E-state index in [2.05, 4.69) is 20.2 Å². The lowest BCUT2D eigenvalue weighted by atomic mass is 10.1. The molecular weight excluding hydrogens is 483 g/mol. The number of ether oxygens (including phenoxy) is 3. The number of carbonyl (C=O) groups is 2. The Balaban J connectivity index is 1.15. The second kappa shape index (κ2) is 9.75. The van der Waals surface area contributed by atoms with E-state index < -0.39 is 11.6 Å². The van der Waals surface area contributed by atoms with Crippen LogP contribution >= 0.6 is 0 Å². The molecule has 11 nitrogen and oxygen atoms in total. The number of carbonyl (C=O) groups excluding carboxylic acids is 2. The number of nitrogens with one attached hydrogen (secondary N) is 1. The summed E-state index contributed by atoms with van der Waals surface area (Å²) < 4.78 is 31.3. The molecule has 1 aromatic heterocycles. The Hall–Kier alpha value is -3.51. The highest BCUT2D eigenvalue weighted by Crippen LogP contribution is 2.32. The van der Waals surface area contributed by atoms with Gasteiger partial charge in [-0.1, -0.05) is 0 Å². The van der Waals surface area contributed by atoms with Gasteiger partial charge in [-0.3, -0.25) is 9.69 Å². The van der Waals surface area contributed by atoms with Gasteiger partial charge in [-0.25, -0.2) is 19.2 Å². The maximum atomic E-state index is 14.8. The number of nitrogens with zero attached hydrogens (tertiary/aromatic N) is 4. The molecule has 0 radical (unpaired) electrons. The van der Waals surface area contributed by atoms with E-state index in [0.29, 0.717) is 44.7 Å². The van der Waals surface area contributed by atoms with Crippen molar-refractivity contribution in [2.24, 2.45) is 5.73 Å². The quantitative estimate of drug-likeness (QED) is 0.542. The van der Waals surface area contributed by atoms with E-state index in [4.69, 9.17) is 19.9 Å². The molecule has 3 aliphatic rings. The Labute approximate surface area is 214 Å². The molecule has 1 unspecified atom stereocenters. The number of aromatic nitrogens is 2. The maximum Gasteiger partial charge on any atom is 0.415 e. The van der Waals surface area contributed by atoms with Crippen molar-refractivity contribution in [3.05, 3.63) is 35.3 Å². The number of hydrogen-bond donors (Lipinski definition) is 2. The highest BCUT2D eigenvalue weighted by atomic mass is 19.1. The zero-order valence-electron chi connectivity index (χ0n) is 21.1. The average Bonchev–Trinajstić information content (AvgIpc) is 3.44. The molecule has 2 atom stereocenters. The number of nitrogens with two attached hydrogens (primary N) is 1. The van der Waals surface area contributed by atoms with Crippen molar-refractivity contribution < 1.29 is 28.2 Å². The van der Waals surface area contributed by atoms with Gasteiger partial charge in [0.05, 0.1) is 12.7 Å². The monoisotopic (exact) mass is 514 g/mol. The first-order chi connectivity index (χ1) is 17.6. The summed E-state index contributed by atoms with van der Waals surface area (Å²) in [5, 5.41) is 2.59. The molecule has 2 aliphatic heterocycles. The summed E-state index contributed by atoms with van der Waals surface area (Å²) >= 11 is 0. The summed E-state index contributed by atoms with van der Waals surface area (Å²) in [5.41, 5.74) is 7.14. The van der Waals surface area contributed by atoms with Gasteiger partial charge in [0, 0.05) is 24.2 Å². The number of fused-ring (bicyclic) bond motifs is 2. The lowest BCUT2D eigenvalue weighted by molar-refractivity contribution is -0.118. The molecular formula is C25H31FN6O5. The minimum absolute atomic E-state index is 0.122. The summed E-state index contributed by atoms with van der Waals surface area (Å²) in [6.07, 6.45) is 2.48. The van der Waals surface area contributed by atoms with Crippen LogP contribution in [0.1, 0.15) is 31.4 Å². The standard InChI is InChI=1S/C25H31FN6O5/c1-25(2,27)13-36-17-7-14-6-15(8-18(14)19(26)9-17)31(3)5-4-16-11-32(24(34)37-16)20-10-28-23-22(29-20)30-21(33)12-35-23/h7,9-10,15-16H,4-6,8,11-13,27H2,1-3H3,(H,29,30,33)/t15?,16-/m1/s1. The van der Waals surface area contributed by atoms with Crippen molar-refractivity contribution in [1.82, 2.24) is 14.9 Å². The van der Waals surface area contributed by atoms with Crippen LogP contribution in [-0.2, 0) is 22.4 Å². The van der Waals surface area contributed by atoms with Gasteiger partial charge in [-0.2, -0.15) is 0 Å². The van der Waals surface area contributed by atoms with Gasteiger partial charge < -0.3 is 30.2 Å². The first-order valence-corrected chi connectivity index (χ1v) is 12.3. The minimum Gasteiger partial charge on any atom is -0.492 e. The molecule has 1 aromatic carbocycles. The fraction of sp³-hybridized carbons (Fsp3) is 0.520. The average molecular weight is 515 g/mol. The summed E-state index contributed by atoms with van der Waals surface area (Å²) in [6.45, 7) is 4.87. The van der Waals surface area contributed by atoms with E-state index in [-0.39, 0.29) is 48.0 Å². The predicted molar refractivity (Wildman–Crippen MR) is 132 cm³/mol. The van der Waals surface area contributed by atoms with E-state index in [1.165, 1.54) is 17.2 Å². The molecule has 1 aliphatic carbocycles. The van der Waals surface area contributed by atoms with Crippen LogP contribution in [0.2, 0.25) is 0 Å². The Morgan fingerprint density at radius 2 is 2.14 bits per heavy atom. The van der Waals surface area contributed by atoms with Crippen molar-refractivity contribution in [2.45, 2.75) is 50.8 Å². The van der Waals surface area contributed by atoms with E-state index >= 15 is 0 Å². The lowest BCUT2D eigenvalue weighted by Gasteiger charge is -2.25. The van der Waals surface area contributed by atoms with E-state index in [0.717, 1.165) is 11.1 Å². The molecule has 198 valence electrons. The van der Waals surface area contributed by atoms with Crippen molar-refractivity contribution in [2.75, 3.05) is 43.6 Å². The number of likely N-dealkylation sites (N-methyl/N-ethyl adjacent to an activating group) is 1. The summed E-state index contributed by atoms with van der Waals surface area (Å²) in [4.78, 5) is 36.1. The number of rotatable bonds is 8. The van der Waals surface area contributed by atoms with Crippen molar-refractivity contribution in [3.63, 3.8) is 0 Å². The summed E-state index contributed by atoms with van der Waals surface area (Å²) in [5.74, 6) is 0.575. The Morgan fingerprint density at radius 3 is 2.92 bits per heavy atom. The van der Waals surface area contributed by atoms with E-state index in [1.807, 2.05) is 27.0 Å². The van der Waals surface area contributed by atoms with Gasteiger partial charge in [0.2, 0.25) is 0 Å². The molecule has 0 bridgehead atoms. The molecule has 2 amide bonds. The van der Waals surface area contributed by atoms with E-state index in [9.17, 15) is 14.0 Å². The molecule has 3 N–H and O–H groups in total. The SMILES string of the molecule is CN(CC[C@@H]1CN(c2cnc3c(n2)NC(=O)CO3)C(=O)O1)C1Cc2cc(OCC(C)(C)N)cc(F)c2C1. The highest BCUT2D eigenvalue weighted by Gasteiger charge is 2.35. The molecule has 12 heteroatoms. The maximum absolute atomic E-state index is 14.8. The second-order valence-corrected chi connectivity index (χ2v) is 10.5. The third-order valence-corrected chi connectivity index (χ3v) is 6.67. The number of anilines is 2. The van der Waals surface area contributed by atoms with Crippen molar-refractivity contribution >= 4 is 23.6 Å². The number of halogens is 1. The molecule has 37 heavy (non-hydrogen) atoms. The predicted octanol–water partition coefficient (Wildman–Crippen LogP) is 1.88. The Morgan fingerprint density at radius 1 is 1.32 bits per heavy atom. The number of hydrogen-bond acceptors (Lipinski definition) is 9. The van der Waals surface area contributed by atoms with Gasteiger partial charge in [-0.15, -0.1) is 0 Å². The van der Waals surface area contributed by atoms with Crippen LogP contribution in [0.4, 0.5) is 20.8 Å².